The first kappa shape index (κ1) is 16.6. The average Bonchev–Trinajstić information content (AvgIpc) is 3.47. The molecule has 2 aromatic heterocycles. The zero-order valence-electron chi connectivity index (χ0n) is 15.4. The first-order valence-electron chi connectivity index (χ1n) is 9.47. The Kier molecular flexibility index (Phi) is 3.61. The van der Waals surface area contributed by atoms with Crippen molar-refractivity contribution in [1.82, 2.24) is 9.55 Å². The normalized spacial score (nSPS) is 15.9. The monoisotopic (exact) mass is 400 g/mol. The van der Waals surface area contributed by atoms with Gasteiger partial charge in [0.25, 0.3) is 5.56 Å². The summed E-state index contributed by atoms with van der Waals surface area (Å²) in [6.07, 6.45) is 2.88. The van der Waals surface area contributed by atoms with Gasteiger partial charge in [0.2, 0.25) is 6.79 Å². The first-order valence-corrected chi connectivity index (χ1v) is 10.3. The third-order valence-electron chi connectivity index (χ3n) is 5.34. The van der Waals surface area contributed by atoms with Crippen LogP contribution in [-0.2, 0) is 6.54 Å². The number of hydrogen-bond acceptors (Lipinski definition) is 5. The van der Waals surface area contributed by atoms with Gasteiger partial charge in [-0.05, 0) is 47.4 Å². The molecule has 6 heteroatoms. The third kappa shape index (κ3) is 2.68. The maximum absolute atomic E-state index is 13.1. The Balaban J connectivity index is 1.46. The van der Waals surface area contributed by atoms with E-state index in [0.717, 1.165) is 50.2 Å². The summed E-state index contributed by atoms with van der Waals surface area (Å²) in [5.74, 6) is 2.28. The zero-order valence-corrected chi connectivity index (χ0v) is 16.2. The zero-order chi connectivity index (χ0) is 19.4. The van der Waals surface area contributed by atoms with Gasteiger partial charge in [-0.3, -0.25) is 9.36 Å². The molecule has 0 amide bonds. The van der Waals surface area contributed by atoms with E-state index in [1.54, 1.807) is 15.9 Å². The summed E-state index contributed by atoms with van der Waals surface area (Å²) in [5.41, 5.74) is 3.23. The van der Waals surface area contributed by atoms with E-state index in [2.05, 4.69) is 18.2 Å². The molecule has 142 valence electrons. The Morgan fingerprint density at radius 1 is 1.03 bits per heavy atom. The fourth-order valence-corrected chi connectivity index (χ4v) is 4.93. The Morgan fingerprint density at radius 2 is 1.90 bits per heavy atom. The standard InChI is InChI=1S/C23H16N2O3S/c26-23-17-12-20(15-4-2-1-3-5-15)29-22(17)24-21-16(8-9-25(21)23)10-14-6-7-18-19(11-14)28-13-27-18/h1-7,10-12H,8-9,13H2. The highest BCUT2D eigenvalue weighted by molar-refractivity contribution is 7.21. The molecule has 0 aliphatic carbocycles. The van der Waals surface area contributed by atoms with Gasteiger partial charge < -0.3 is 9.47 Å². The van der Waals surface area contributed by atoms with Gasteiger partial charge in [-0.1, -0.05) is 36.4 Å². The minimum absolute atomic E-state index is 0.0394. The van der Waals surface area contributed by atoms with Crippen molar-refractivity contribution in [2.75, 3.05) is 6.79 Å². The van der Waals surface area contributed by atoms with E-state index < -0.39 is 0 Å². The Morgan fingerprint density at radius 3 is 2.79 bits per heavy atom. The van der Waals surface area contributed by atoms with Crippen LogP contribution in [0.5, 0.6) is 11.5 Å². The van der Waals surface area contributed by atoms with Crippen LogP contribution in [0.15, 0.2) is 59.4 Å². The molecule has 0 unspecified atom stereocenters. The SMILES string of the molecule is O=c1c2cc(-c3ccccc3)sc2nc2n1CCC2=Cc1ccc2c(c1)OCO2. The van der Waals surface area contributed by atoms with Crippen LogP contribution in [-0.4, -0.2) is 16.3 Å². The quantitative estimate of drug-likeness (QED) is 0.485. The number of benzene rings is 2. The minimum Gasteiger partial charge on any atom is -0.454 e. The number of ether oxygens (including phenoxy) is 2. The molecule has 2 aliphatic heterocycles. The summed E-state index contributed by atoms with van der Waals surface area (Å²) in [5, 5.41) is 0.696. The summed E-state index contributed by atoms with van der Waals surface area (Å²) in [6.45, 7) is 0.916. The highest BCUT2D eigenvalue weighted by atomic mass is 32.1. The second-order valence-electron chi connectivity index (χ2n) is 7.12. The molecule has 0 spiro atoms. The van der Waals surface area contributed by atoms with Crippen molar-refractivity contribution in [3.63, 3.8) is 0 Å². The van der Waals surface area contributed by atoms with Crippen molar-refractivity contribution in [2.45, 2.75) is 13.0 Å². The third-order valence-corrected chi connectivity index (χ3v) is 6.42. The first-order chi connectivity index (χ1) is 14.3. The van der Waals surface area contributed by atoms with Crippen LogP contribution < -0.4 is 15.0 Å². The lowest BCUT2D eigenvalue weighted by Crippen LogP contribution is -2.19. The van der Waals surface area contributed by atoms with E-state index in [4.69, 9.17) is 14.5 Å². The molecule has 6 rings (SSSR count). The highest BCUT2D eigenvalue weighted by Gasteiger charge is 2.23. The van der Waals surface area contributed by atoms with Crippen LogP contribution in [0.3, 0.4) is 0 Å². The fraction of sp³-hybridized carbons (Fsp3) is 0.130. The van der Waals surface area contributed by atoms with Crippen LogP contribution in [0.2, 0.25) is 0 Å². The van der Waals surface area contributed by atoms with E-state index in [1.807, 2.05) is 42.5 Å². The van der Waals surface area contributed by atoms with Crippen molar-refractivity contribution in [3.8, 4) is 21.9 Å². The lowest BCUT2D eigenvalue weighted by Gasteiger charge is -2.03. The number of thiophene rings is 1. The van der Waals surface area contributed by atoms with Gasteiger partial charge in [-0.2, -0.15) is 0 Å². The lowest BCUT2D eigenvalue weighted by atomic mass is 10.1. The van der Waals surface area contributed by atoms with Crippen LogP contribution in [0.4, 0.5) is 0 Å². The molecule has 0 N–H and O–H groups in total. The predicted molar refractivity (Wildman–Crippen MR) is 114 cm³/mol. The molecule has 4 heterocycles. The molecule has 2 aliphatic rings. The Labute approximate surface area is 170 Å². The van der Waals surface area contributed by atoms with E-state index in [0.29, 0.717) is 11.9 Å². The smallest absolute Gasteiger partial charge is 0.262 e. The Bertz CT molecular complexity index is 1350. The molecule has 5 nitrogen and oxygen atoms in total. The molecule has 4 aromatic rings. The van der Waals surface area contributed by atoms with Crippen molar-refractivity contribution >= 4 is 33.2 Å². The number of hydrogen-bond donors (Lipinski definition) is 0. The summed E-state index contributed by atoms with van der Waals surface area (Å²) in [4.78, 5) is 19.8. The number of allylic oxidation sites excluding steroid dienone is 1. The molecule has 0 bridgehead atoms. The molecule has 0 saturated carbocycles. The number of fused-ring (bicyclic) bond motifs is 3. The maximum atomic E-state index is 13.1. The lowest BCUT2D eigenvalue weighted by molar-refractivity contribution is 0.174. The van der Waals surface area contributed by atoms with Crippen LogP contribution in [0.1, 0.15) is 17.8 Å². The van der Waals surface area contributed by atoms with Crippen LogP contribution in [0, 0.1) is 0 Å². The van der Waals surface area contributed by atoms with Gasteiger partial charge in [0.05, 0.1) is 5.39 Å². The minimum atomic E-state index is 0.0394. The number of nitrogens with zero attached hydrogens (tertiary/aromatic N) is 2. The van der Waals surface area contributed by atoms with Crippen LogP contribution >= 0.6 is 11.3 Å². The number of rotatable bonds is 2. The molecule has 0 atom stereocenters. The van der Waals surface area contributed by atoms with Crippen molar-refractivity contribution < 1.29 is 9.47 Å². The molecule has 2 aromatic carbocycles. The van der Waals surface area contributed by atoms with Crippen molar-refractivity contribution in [2.24, 2.45) is 0 Å². The molecule has 0 fully saturated rings. The van der Waals surface area contributed by atoms with Crippen molar-refractivity contribution in [1.29, 1.82) is 0 Å². The largest absolute Gasteiger partial charge is 0.454 e. The van der Waals surface area contributed by atoms with Gasteiger partial charge in [0.1, 0.15) is 10.7 Å². The van der Waals surface area contributed by atoms with Gasteiger partial charge in [0, 0.05) is 11.4 Å². The van der Waals surface area contributed by atoms with E-state index in [-0.39, 0.29) is 12.4 Å². The fourth-order valence-electron chi connectivity index (χ4n) is 3.90. The molecule has 29 heavy (non-hydrogen) atoms. The summed E-state index contributed by atoms with van der Waals surface area (Å²) in [7, 11) is 0. The molecule has 0 radical (unpaired) electrons. The maximum Gasteiger partial charge on any atom is 0.262 e. The Hall–Kier alpha value is -3.38. The van der Waals surface area contributed by atoms with Crippen molar-refractivity contribution in [3.05, 3.63) is 76.3 Å². The topological polar surface area (TPSA) is 53.4 Å². The van der Waals surface area contributed by atoms with E-state index in [1.165, 1.54) is 0 Å². The van der Waals surface area contributed by atoms with Gasteiger partial charge in [-0.25, -0.2) is 4.98 Å². The predicted octanol–water partition coefficient (Wildman–Crippen LogP) is 4.80. The summed E-state index contributed by atoms with van der Waals surface area (Å²) < 4.78 is 12.7. The highest BCUT2D eigenvalue weighted by Crippen LogP contribution is 2.36. The second kappa shape index (κ2) is 6.32. The van der Waals surface area contributed by atoms with E-state index in [9.17, 15) is 4.79 Å². The van der Waals surface area contributed by atoms with Crippen LogP contribution in [0.25, 0.3) is 32.3 Å². The van der Waals surface area contributed by atoms with Gasteiger partial charge >= 0.3 is 0 Å². The van der Waals surface area contributed by atoms with E-state index >= 15 is 0 Å². The summed E-state index contributed by atoms with van der Waals surface area (Å²) >= 11 is 1.57. The van der Waals surface area contributed by atoms with Gasteiger partial charge in [-0.15, -0.1) is 11.3 Å². The second-order valence-corrected chi connectivity index (χ2v) is 8.15. The molecular formula is C23H16N2O3S. The van der Waals surface area contributed by atoms with Gasteiger partial charge in [0.15, 0.2) is 11.5 Å². The average molecular weight is 400 g/mol. The molecule has 0 saturated heterocycles. The molecular weight excluding hydrogens is 384 g/mol. The summed E-state index contributed by atoms with van der Waals surface area (Å²) in [6, 6.07) is 18.0. The number of aromatic nitrogens is 2.